The van der Waals surface area contributed by atoms with Crippen molar-refractivity contribution >= 4 is 0 Å². The Labute approximate surface area is 97.6 Å². The summed E-state index contributed by atoms with van der Waals surface area (Å²) in [5.41, 5.74) is 6.88. The Kier molecular flexibility index (Phi) is 5.29. The molecule has 0 amide bonds. The van der Waals surface area contributed by atoms with Gasteiger partial charge >= 0.3 is 0 Å². The van der Waals surface area contributed by atoms with Crippen molar-refractivity contribution in [2.45, 2.75) is 32.9 Å². The van der Waals surface area contributed by atoms with Crippen LogP contribution in [-0.4, -0.2) is 19.3 Å². The van der Waals surface area contributed by atoms with Crippen LogP contribution in [0.4, 0.5) is 0 Å². The highest BCUT2D eigenvalue weighted by molar-refractivity contribution is 5.30. The Hall–Kier alpha value is -1.06. The molecule has 0 unspecified atom stereocenters. The SMILES string of the molecule is CC(C)OCCOc1cccc([C@H](C)N)c1. The molecule has 3 heteroatoms. The summed E-state index contributed by atoms with van der Waals surface area (Å²) < 4.78 is 11.0. The van der Waals surface area contributed by atoms with Gasteiger partial charge in [0.15, 0.2) is 0 Å². The third-order valence-corrected chi connectivity index (χ3v) is 2.19. The van der Waals surface area contributed by atoms with E-state index < -0.39 is 0 Å². The van der Waals surface area contributed by atoms with Gasteiger partial charge < -0.3 is 15.2 Å². The molecule has 0 spiro atoms. The molecule has 0 aromatic heterocycles. The van der Waals surface area contributed by atoms with Crippen LogP contribution in [0.25, 0.3) is 0 Å². The van der Waals surface area contributed by atoms with Crippen LogP contribution >= 0.6 is 0 Å². The van der Waals surface area contributed by atoms with E-state index in [1.165, 1.54) is 0 Å². The van der Waals surface area contributed by atoms with E-state index >= 15 is 0 Å². The van der Waals surface area contributed by atoms with E-state index in [-0.39, 0.29) is 12.1 Å². The molecule has 0 saturated carbocycles. The van der Waals surface area contributed by atoms with Crippen molar-refractivity contribution in [3.63, 3.8) is 0 Å². The van der Waals surface area contributed by atoms with Gasteiger partial charge in [-0.2, -0.15) is 0 Å². The van der Waals surface area contributed by atoms with Crippen LogP contribution in [-0.2, 0) is 4.74 Å². The van der Waals surface area contributed by atoms with Gasteiger partial charge in [0.05, 0.1) is 12.7 Å². The zero-order valence-electron chi connectivity index (χ0n) is 10.3. The Morgan fingerprint density at radius 2 is 1.94 bits per heavy atom. The van der Waals surface area contributed by atoms with Gasteiger partial charge in [0.1, 0.15) is 12.4 Å². The normalized spacial score (nSPS) is 12.8. The van der Waals surface area contributed by atoms with E-state index in [1.807, 2.05) is 45.0 Å². The lowest BCUT2D eigenvalue weighted by atomic mass is 10.1. The van der Waals surface area contributed by atoms with E-state index in [0.29, 0.717) is 13.2 Å². The zero-order valence-corrected chi connectivity index (χ0v) is 10.3. The summed E-state index contributed by atoms with van der Waals surface area (Å²) in [5.74, 6) is 0.849. The Morgan fingerprint density at radius 1 is 1.19 bits per heavy atom. The number of benzene rings is 1. The monoisotopic (exact) mass is 223 g/mol. The molecular formula is C13H21NO2. The van der Waals surface area contributed by atoms with Crippen LogP contribution in [0.2, 0.25) is 0 Å². The largest absolute Gasteiger partial charge is 0.491 e. The Bertz CT molecular complexity index is 311. The molecule has 0 aliphatic rings. The molecule has 0 fully saturated rings. The third-order valence-electron chi connectivity index (χ3n) is 2.19. The lowest BCUT2D eigenvalue weighted by Gasteiger charge is -2.11. The molecule has 2 N–H and O–H groups in total. The van der Waals surface area contributed by atoms with Crippen LogP contribution in [0, 0.1) is 0 Å². The molecule has 3 nitrogen and oxygen atoms in total. The lowest BCUT2D eigenvalue weighted by molar-refractivity contribution is 0.0552. The summed E-state index contributed by atoms with van der Waals surface area (Å²) in [6.07, 6.45) is 0.249. The minimum atomic E-state index is 0.0375. The fraction of sp³-hybridized carbons (Fsp3) is 0.538. The topological polar surface area (TPSA) is 44.5 Å². The second-order valence-corrected chi connectivity index (χ2v) is 4.13. The number of ether oxygens (including phenoxy) is 2. The molecule has 1 aromatic rings. The van der Waals surface area contributed by atoms with Gasteiger partial charge in [0, 0.05) is 6.04 Å². The fourth-order valence-corrected chi connectivity index (χ4v) is 1.33. The van der Waals surface area contributed by atoms with Crippen LogP contribution < -0.4 is 10.5 Å². The van der Waals surface area contributed by atoms with Gasteiger partial charge in [-0.25, -0.2) is 0 Å². The van der Waals surface area contributed by atoms with Crippen LogP contribution in [0.1, 0.15) is 32.4 Å². The van der Waals surface area contributed by atoms with Crippen molar-refractivity contribution in [2.75, 3.05) is 13.2 Å². The summed E-state index contributed by atoms with van der Waals surface area (Å²) in [6, 6.07) is 7.90. The van der Waals surface area contributed by atoms with Gasteiger partial charge in [-0.3, -0.25) is 0 Å². The van der Waals surface area contributed by atoms with E-state index in [9.17, 15) is 0 Å². The molecule has 0 radical (unpaired) electrons. The van der Waals surface area contributed by atoms with Gasteiger partial charge in [-0.15, -0.1) is 0 Å². The van der Waals surface area contributed by atoms with E-state index in [1.54, 1.807) is 0 Å². The highest BCUT2D eigenvalue weighted by Crippen LogP contribution is 2.17. The predicted molar refractivity (Wildman–Crippen MR) is 65.6 cm³/mol. The maximum absolute atomic E-state index is 5.80. The van der Waals surface area contributed by atoms with Crippen molar-refractivity contribution in [1.29, 1.82) is 0 Å². The predicted octanol–water partition coefficient (Wildman–Crippen LogP) is 2.51. The van der Waals surface area contributed by atoms with Crippen molar-refractivity contribution in [1.82, 2.24) is 0 Å². The molecule has 1 rings (SSSR count). The molecule has 0 aliphatic heterocycles. The summed E-state index contributed by atoms with van der Waals surface area (Å²) in [6.45, 7) is 7.16. The molecule has 16 heavy (non-hydrogen) atoms. The van der Waals surface area contributed by atoms with Crippen LogP contribution in [0.15, 0.2) is 24.3 Å². The quantitative estimate of drug-likeness (QED) is 0.754. The number of nitrogens with two attached hydrogens (primary N) is 1. The second kappa shape index (κ2) is 6.51. The van der Waals surface area contributed by atoms with Gasteiger partial charge in [0.25, 0.3) is 0 Å². The maximum Gasteiger partial charge on any atom is 0.119 e. The molecular weight excluding hydrogens is 202 g/mol. The first-order valence-electron chi connectivity index (χ1n) is 5.69. The standard InChI is InChI=1S/C13H21NO2/c1-10(2)15-7-8-16-13-6-4-5-12(9-13)11(3)14/h4-6,9-11H,7-8,14H2,1-3H3/t11-/m0/s1. The fourth-order valence-electron chi connectivity index (χ4n) is 1.33. The minimum Gasteiger partial charge on any atom is -0.491 e. The van der Waals surface area contributed by atoms with Crippen molar-refractivity contribution in [2.24, 2.45) is 5.73 Å². The highest BCUT2D eigenvalue weighted by atomic mass is 16.5. The average molecular weight is 223 g/mol. The van der Waals surface area contributed by atoms with Gasteiger partial charge in [-0.1, -0.05) is 12.1 Å². The summed E-state index contributed by atoms with van der Waals surface area (Å²) in [5, 5.41) is 0. The Balaban J connectivity index is 2.39. The van der Waals surface area contributed by atoms with Crippen LogP contribution in [0.5, 0.6) is 5.75 Å². The summed E-state index contributed by atoms with van der Waals surface area (Å²) in [4.78, 5) is 0. The molecule has 90 valence electrons. The van der Waals surface area contributed by atoms with Crippen molar-refractivity contribution < 1.29 is 9.47 Å². The molecule has 1 atom stereocenters. The van der Waals surface area contributed by atoms with E-state index in [0.717, 1.165) is 11.3 Å². The van der Waals surface area contributed by atoms with E-state index in [4.69, 9.17) is 15.2 Å². The third kappa shape index (κ3) is 4.64. The maximum atomic E-state index is 5.80. The Morgan fingerprint density at radius 3 is 2.56 bits per heavy atom. The number of hydrogen-bond donors (Lipinski definition) is 1. The van der Waals surface area contributed by atoms with E-state index in [2.05, 4.69) is 0 Å². The number of rotatable bonds is 6. The first-order chi connectivity index (χ1) is 7.59. The van der Waals surface area contributed by atoms with Gasteiger partial charge in [-0.05, 0) is 38.5 Å². The molecule has 0 heterocycles. The second-order valence-electron chi connectivity index (χ2n) is 4.13. The van der Waals surface area contributed by atoms with Crippen molar-refractivity contribution in [3.8, 4) is 5.75 Å². The summed E-state index contributed by atoms with van der Waals surface area (Å²) >= 11 is 0. The average Bonchev–Trinajstić information content (AvgIpc) is 2.24. The molecule has 0 aliphatic carbocycles. The molecule has 0 saturated heterocycles. The number of hydrogen-bond acceptors (Lipinski definition) is 3. The molecule has 0 bridgehead atoms. The zero-order chi connectivity index (χ0) is 12.0. The van der Waals surface area contributed by atoms with Crippen molar-refractivity contribution in [3.05, 3.63) is 29.8 Å². The molecule has 1 aromatic carbocycles. The highest BCUT2D eigenvalue weighted by Gasteiger charge is 2.01. The lowest BCUT2D eigenvalue weighted by Crippen LogP contribution is -2.11. The minimum absolute atomic E-state index is 0.0375. The smallest absolute Gasteiger partial charge is 0.119 e. The first kappa shape index (κ1) is 13.0. The van der Waals surface area contributed by atoms with Gasteiger partial charge in [0.2, 0.25) is 0 Å². The van der Waals surface area contributed by atoms with Crippen LogP contribution in [0.3, 0.4) is 0 Å². The first-order valence-corrected chi connectivity index (χ1v) is 5.69. The summed E-state index contributed by atoms with van der Waals surface area (Å²) in [7, 11) is 0.